The summed E-state index contributed by atoms with van der Waals surface area (Å²) in [5.74, 6) is 0.0667. The molecule has 0 spiro atoms. The highest BCUT2D eigenvalue weighted by Crippen LogP contribution is 2.30. The molecule has 0 unspecified atom stereocenters. The standard InChI is InChI=1S/C23H23ClN4O3S/c1-2-31-22(30)16-8-10-28(11-9-16)20-18(24)12-17(13-25-20)21(29)27-23-26-19(14-32-23)15-6-4-3-5-7-15/h3-7,12-14,16H,2,8-11H2,1H3,(H,26,27,29). The summed E-state index contributed by atoms with van der Waals surface area (Å²) in [4.78, 5) is 35.5. The number of esters is 1. The Morgan fingerprint density at radius 2 is 2.00 bits per heavy atom. The van der Waals surface area contributed by atoms with Gasteiger partial charge in [0.05, 0.1) is 28.8 Å². The van der Waals surface area contributed by atoms with E-state index in [1.807, 2.05) is 47.5 Å². The van der Waals surface area contributed by atoms with E-state index in [9.17, 15) is 9.59 Å². The van der Waals surface area contributed by atoms with Gasteiger partial charge in [0.15, 0.2) is 5.13 Å². The fraction of sp³-hybridized carbons (Fsp3) is 0.304. The van der Waals surface area contributed by atoms with Crippen LogP contribution in [0.1, 0.15) is 30.1 Å². The molecule has 3 aromatic rings. The summed E-state index contributed by atoms with van der Waals surface area (Å²) in [5, 5.41) is 5.62. The molecule has 32 heavy (non-hydrogen) atoms. The molecule has 9 heteroatoms. The number of thiazole rings is 1. The van der Waals surface area contributed by atoms with Crippen molar-refractivity contribution in [1.29, 1.82) is 0 Å². The lowest BCUT2D eigenvalue weighted by molar-refractivity contribution is -0.148. The Morgan fingerprint density at radius 3 is 2.69 bits per heavy atom. The molecule has 1 saturated heterocycles. The predicted molar refractivity (Wildman–Crippen MR) is 126 cm³/mol. The first kappa shape index (κ1) is 22.2. The molecule has 4 rings (SSSR count). The van der Waals surface area contributed by atoms with Gasteiger partial charge in [-0.25, -0.2) is 9.97 Å². The SMILES string of the molecule is CCOC(=O)C1CCN(c2ncc(C(=O)Nc3nc(-c4ccccc4)cs3)cc2Cl)CC1. The fourth-order valence-electron chi connectivity index (χ4n) is 3.62. The van der Waals surface area contributed by atoms with Gasteiger partial charge in [0.1, 0.15) is 5.82 Å². The number of amides is 1. The summed E-state index contributed by atoms with van der Waals surface area (Å²) < 4.78 is 5.12. The van der Waals surface area contributed by atoms with Gasteiger partial charge in [-0.2, -0.15) is 0 Å². The van der Waals surface area contributed by atoms with Crippen molar-refractivity contribution in [2.75, 3.05) is 29.9 Å². The number of halogens is 1. The molecule has 166 valence electrons. The normalized spacial score (nSPS) is 14.2. The number of piperidine rings is 1. The highest BCUT2D eigenvalue weighted by Gasteiger charge is 2.27. The molecule has 0 radical (unpaired) electrons. The fourth-order valence-corrected chi connectivity index (χ4v) is 4.62. The molecule has 3 heterocycles. The molecular formula is C23H23ClN4O3S. The molecule has 1 aliphatic heterocycles. The molecule has 1 fully saturated rings. The summed E-state index contributed by atoms with van der Waals surface area (Å²) in [5.41, 5.74) is 2.16. The molecule has 0 atom stereocenters. The topological polar surface area (TPSA) is 84.4 Å². The number of hydrogen-bond acceptors (Lipinski definition) is 7. The van der Waals surface area contributed by atoms with Crippen molar-refractivity contribution >= 4 is 45.8 Å². The Bertz CT molecular complexity index is 1100. The number of benzene rings is 1. The second-order valence-corrected chi connectivity index (χ2v) is 8.67. The summed E-state index contributed by atoms with van der Waals surface area (Å²) >= 11 is 7.81. The second-order valence-electron chi connectivity index (χ2n) is 7.40. The average Bonchev–Trinajstić information content (AvgIpc) is 3.28. The predicted octanol–water partition coefficient (Wildman–Crippen LogP) is 4.89. The van der Waals surface area contributed by atoms with Crippen molar-refractivity contribution in [3.05, 3.63) is 58.6 Å². The van der Waals surface area contributed by atoms with Gasteiger partial charge < -0.3 is 9.64 Å². The number of carbonyl (C=O) groups is 2. The largest absolute Gasteiger partial charge is 0.466 e. The highest BCUT2D eigenvalue weighted by molar-refractivity contribution is 7.14. The number of anilines is 2. The first-order valence-corrected chi connectivity index (χ1v) is 11.7. The lowest BCUT2D eigenvalue weighted by Gasteiger charge is -2.32. The number of nitrogens with one attached hydrogen (secondary N) is 1. The monoisotopic (exact) mass is 470 g/mol. The second kappa shape index (κ2) is 10.1. The van der Waals surface area contributed by atoms with Crippen LogP contribution in [-0.4, -0.2) is 41.5 Å². The van der Waals surface area contributed by atoms with Crippen LogP contribution in [0.25, 0.3) is 11.3 Å². The molecule has 2 aromatic heterocycles. The van der Waals surface area contributed by atoms with E-state index in [1.54, 1.807) is 6.07 Å². The maximum absolute atomic E-state index is 12.7. The number of ether oxygens (including phenoxy) is 1. The number of rotatable bonds is 6. The molecule has 0 bridgehead atoms. The molecule has 7 nitrogen and oxygen atoms in total. The highest BCUT2D eigenvalue weighted by atomic mass is 35.5. The lowest BCUT2D eigenvalue weighted by atomic mass is 9.97. The average molecular weight is 471 g/mol. The molecular weight excluding hydrogens is 448 g/mol. The van der Waals surface area contributed by atoms with Gasteiger partial charge >= 0.3 is 5.97 Å². The Hall–Kier alpha value is -2.97. The Morgan fingerprint density at radius 1 is 1.25 bits per heavy atom. The molecule has 1 aromatic carbocycles. The third-order valence-electron chi connectivity index (χ3n) is 5.29. The van der Waals surface area contributed by atoms with Crippen LogP contribution >= 0.6 is 22.9 Å². The van der Waals surface area contributed by atoms with Gasteiger partial charge in [-0.15, -0.1) is 11.3 Å². The number of carbonyl (C=O) groups excluding carboxylic acids is 2. The summed E-state index contributed by atoms with van der Waals surface area (Å²) in [7, 11) is 0. The van der Waals surface area contributed by atoms with Crippen molar-refractivity contribution in [1.82, 2.24) is 9.97 Å². The molecule has 1 aliphatic rings. The van der Waals surface area contributed by atoms with Gasteiger partial charge in [0.2, 0.25) is 0 Å². The van der Waals surface area contributed by atoms with Crippen LogP contribution in [0.15, 0.2) is 48.0 Å². The van der Waals surface area contributed by atoms with Gasteiger partial charge in [-0.1, -0.05) is 41.9 Å². The van der Waals surface area contributed by atoms with Gasteiger partial charge in [0, 0.05) is 30.2 Å². The van der Waals surface area contributed by atoms with E-state index in [-0.39, 0.29) is 17.8 Å². The van der Waals surface area contributed by atoms with Crippen LogP contribution in [0.3, 0.4) is 0 Å². The van der Waals surface area contributed by atoms with Gasteiger partial charge in [-0.3, -0.25) is 14.9 Å². The zero-order valence-electron chi connectivity index (χ0n) is 17.6. The van der Waals surface area contributed by atoms with E-state index < -0.39 is 0 Å². The van der Waals surface area contributed by atoms with Crippen LogP contribution in [-0.2, 0) is 9.53 Å². The van der Waals surface area contributed by atoms with Gasteiger partial charge in [-0.05, 0) is 25.8 Å². The van der Waals surface area contributed by atoms with E-state index in [0.29, 0.717) is 54.1 Å². The summed E-state index contributed by atoms with van der Waals surface area (Å²) in [6, 6.07) is 11.4. The number of nitrogens with zero attached hydrogens (tertiary/aromatic N) is 3. The van der Waals surface area contributed by atoms with E-state index in [2.05, 4.69) is 15.3 Å². The minimum atomic E-state index is -0.319. The summed E-state index contributed by atoms with van der Waals surface area (Å²) in [6.45, 7) is 3.52. The first-order chi connectivity index (χ1) is 15.5. The minimum absolute atomic E-state index is 0.0888. The van der Waals surface area contributed by atoms with E-state index in [0.717, 1.165) is 11.3 Å². The van der Waals surface area contributed by atoms with Crippen LogP contribution in [0.4, 0.5) is 10.9 Å². The Kier molecular flexibility index (Phi) is 7.02. The number of hydrogen-bond donors (Lipinski definition) is 1. The third kappa shape index (κ3) is 5.08. The summed E-state index contributed by atoms with van der Waals surface area (Å²) in [6.07, 6.45) is 2.89. The Labute approximate surface area is 195 Å². The van der Waals surface area contributed by atoms with Crippen molar-refractivity contribution in [2.24, 2.45) is 5.92 Å². The van der Waals surface area contributed by atoms with Crippen LogP contribution in [0, 0.1) is 5.92 Å². The van der Waals surface area contributed by atoms with Gasteiger partial charge in [0.25, 0.3) is 5.91 Å². The lowest BCUT2D eigenvalue weighted by Crippen LogP contribution is -2.37. The molecule has 0 aliphatic carbocycles. The smallest absolute Gasteiger partial charge is 0.309 e. The maximum atomic E-state index is 12.7. The molecule has 1 amide bonds. The van der Waals surface area contributed by atoms with Crippen LogP contribution in [0.5, 0.6) is 0 Å². The van der Waals surface area contributed by atoms with E-state index >= 15 is 0 Å². The van der Waals surface area contributed by atoms with Crippen LogP contribution < -0.4 is 10.2 Å². The zero-order valence-corrected chi connectivity index (χ0v) is 19.2. The molecule has 0 saturated carbocycles. The van der Waals surface area contributed by atoms with E-state index in [4.69, 9.17) is 16.3 Å². The number of aromatic nitrogens is 2. The zero-order chi connectivity index (χ0) is 22.5. The number of pyridine rings is 1. The third-order valence-corrected chi connectivity index (χ3v) is 6.33. The minimum Gasteiger partial charge on any atom is -0.466 e. The Balaban J connectivity index is 1.39. The van der Waals surface area contributed by atoms with E-state index in [1.165, 1.54) is 17.5 Å². The maximum Gasteiger partial charge on any atom is 0.309 e. The van der Waals surface area contributed by atoms with Crippen molar-refractivity contribution in [3.8, 4) is 11.3 Å². The van der Waals surface area contributed by atoms with Crippen molar-refractivity contribution < 1.29 is 14.3 Å². The first-order valence-electron chi connectivity index (χ1n) is 10.4. The van der Waals surface area contributed by atoms with Crippen LogP contribution in [0.2, 0.25) is 5.02 Å². The van der Waals surface area contributed by atoms with Crippen molar-refractivity contribution in [2.45, 2.75) is 19.8 Å². The molecule has 1 N–H and O–H groups in total. The van der Waals surface area contributed by atoms with Crippen molar-refractivity contribution in [3.63, 3.8) is 0 Å². The quantitative estimate of drug-likeness (QED) is 0.516.